The van der Waals surface area contributed by atoms with Gasteiger partial charge >= 0.3 is 0 Å². The molecule has 0 spiro atoms. The van der Waals surface area contributed by atoms with Crippen molar-refractivity contribution in [2.75, 3.05) is 19.5 Å². The summed E-state index contributed by atoms with van der Waals surface area (Å²) in [5.41, 5.74) is 1.32. The number of hydrogen-bond donors (Lipinski definition) is 1. The monoisotopic (exact) mass is 409 g/mol. The zero-order valence-corrected chi connectivity index (χ0v) is 16.8. The van der Waals surface area contributed by atoms with Crippen LogP contribution < -0.4 is 19.5 Å². The summed E-state index contributed by atoms with van der Waals surface area (Å²) >= 11 is 6.10. The van der Waals surface area contributed by atoms with E-state index in [9.17, 15) is 4.79 Å². The number of carbonyl (C=O) groups is 1. The number of para-hydroxylation sites is 1. The van der Waals surface area contributed by atoms with E-state index in [0.29, 0.717) is 33.6 Å². The van der Waals surface area contributed by atoms with Crippen LogP contribution >= 0.6 is 11.6 Å². The highest BCUT2D eigenvalue weighted by molar-refractivity contribution is 6.32. The predicted octanol–water partition coefficient (Wildman–Crippen LogP) is 5.96. The molecule has 0 aliphatic carbocycles. The first-order valence-corrected chi connectivity index (χ1v) is 9.20. The average Bonchev–Trinajstić information content (AvgIpc) is 2.76. The lowest BCUT2D eigenvalue weighted by atomic mass is 10.1. The van der Waals surface area contributed by atoms with Crippen LogP contribution in [0.5, 0.6) is 23.0 Å². The molecule has 3 aromatic carbocycles. The van der Waals surface area contributed by atoms with Gasteiger partial charge in [-0.3, -0.25) is 4.79 Å². The molecule has 0 bridgehead atoms. The first kappa shape index (κ1) is 20.3. The summed E-state index contributed by atoms with van der Waals surface area (Å²) in [7, 11) is 3.08. The minimum absolute atomic E-state index is 0.155. The van der Waals surface area contributed by atoms with Gasteiger partial charge in [-0.1, -0.05) is 23.7 Å². The Morgan fingerprint density at radius 1 is 0.897 bits per heavy atom. The molecule has 0 radical (unpaired) electrons. The standard InChI is InChI=1S/C23H20ClNO4/c1-27-22-12-7-16(15-23(22)28-2)20(26)13-14-25-17-8-10-18(11-9-17)29-21-6-4-3-5-19(21)24/h3-15,25H,1-2H3/b14-13-. The molecule has 0 heterocycles. The van der Waals surface area contributed by atoms with Gasteiger partial charge in [0.05, 0.1) is 19.2 Å². The molecule has 0 aliphatic heterocycles. The normalized spacial score (nSPS) is 10.6. The van der Waals surface area contributed by atoms with Crippen molar-refractivity contribution in [3.05, 3.63) is 89.6 Å². The van der Waals surface area contributed by atoms with Crippen molar-refractivity contribution >= 4 is 23.1 Å². The maximum Gasteiger partial charge on any atom is 0.187 e. The lowest BCUT2D eigenvalue weighted by Gasteiger charge is -2.08. The summed E-state index contributed by atoms with van der Waals surface area (Å²) in [6, 6.07) is 19.6. The molecule has 5 nitrogen and oxygen atoms in total. The second kappa shape index (κ2) is 9.66. The van der Waals surface area contributed by atoms with Gasteiger partial charge in [-0.05, 0) is 54.6 Å². The molecule has 0 fully saturated rings. The van der Waals surface area contributed by atoms with E-state index in [2.05, 4.69) is 5.32 Å². The highest BCUT2D eigenvalue weighted by Crippen LogP contribution is 2.30. The Hall–Kier alpha value is -3.44. The number of carbonyl (C=O) groups excluding carboxylic acids is 1. The SMILES string of the molecule is COc1ccc(C(=O)/C=C\Nc2ccc(Oc3ccccc3Cl)cc2)cc1OC. The molecule has 3 rings (SSSR count). The number of ether oxygens (including phenoxy) is 3. The third kappa shape index (κ3) is 5.30. The molecule has 6 heteroatoms. The van der Waals surface area contributed by atoms with E-state index in [1.54, 1.807) is 43.6 Å². The van der Waals surface area contributed by atoms with Crippen molar-refractivity contribution in [1.82, 2.24) is 0 Å². The van der Waals surface area contributed by atoms with Gasteiger partial charge < -0.3 is 19.5 Å². The number of ketones is 1. The molecule has 3 aromatic rings. The Balaban J connectivity index is 1.60. The number of hydrogen-bond acceptors (Lipinski definition) is 5. The van der Waals surface area contributed by atoms with Crippen LogP contribution in [0.1, 0.15) is 10.4 Å². The second-order valence-corrected chi connectivity index (χ2v) is 6.38. The van der Waals surface area contributed by atoms with E-state index in [1.165, 1.54) is 13.2 Å². The summed E-state index contributed by atoms with van der Waals surface area (Å²) in [5.74, 6) is 2.18. The molecule has 0 aliphatic rings. The van der Waals surface area contributed by atoms with E-state index < -0.39 is 0 Å². The van der Waals surface area contributed by atoms with Gasteiger partial charge in [-0.15, -0.1) is 0 Å². The van der Waals surface area contributed by atoms with Gasteiger partial charge in [0.15, 0.2) is 17.3 Å². The van der Waals surface area contributed by atoms with E-state index in [1.807, 2.05) is 36.4 Å². The van der Waals surface area contributed by atoms with Crippen molar-refractivity contribution < 1.29 is 19.0 Å². The van der Waals surface area contributed by atoms with Crippen molar-refractivity contribution in [3.8, 4) is 23.0 Å². The molecule has 1 N–H and O–H groups in total. The van der Waals surface area contributed by atoms with Crippen molar-refractivity contribution in [2.24, 2.45) is 0 Å². The highest BCUT2D eigenvalue weighted by atomic mass is 35.5. The van der Waals surface area contributed by atoms with Crippen LogP contribution in [-0.2, 0) is 0 Å². The molecule has 0 saturated carbocycles. The number of anilines is 1. The molecular weight excluding hydrogens is 390 g/mol. The smallest absolute Gasteiger partial charge is 0.187 e. The van der Waals surface area contributed by atoms with Gasteiger partial charge in [-0.25, -0.2) is 0 Å². The van der Waals surface area contributed by atoms with Crippen LogP contribution in [0, 0.1) is 0 Å². The Bertz CT molecular complexity index is 1020. The maximum absolute atomic E-state index is 12.3. The Labute approximate surface area is 174 Å². The first-order chi connectivity index (χ1) is 14.1. The van der Waals surface area contributed by atoms with Crippen LogP contribution in [-0.4, -0.2) is 20.0 Å². The van der Waals surface area contributed by atoms with E-state index in [4.69, 9.17) is 25.8 Å². The molecule has 0 amide bonds. The molecule has 148 valence electrons. The molecule has 0 atom stereocenters. The fraction of sp³-hybridized carbons (Fsp3) is 0.0870. The number of benzene rings is 3. The largest absolute Gasteiger partial charge is 0.493 e. The molecule has 0 aromatic heterocycles. The average molecular weight is 410 g/mol. The Kier molecular flexibility index (Phi) is 6.76. The maximum atomic E-state index is 12.3. The summed E-state index contributed by atoms with van der Waals surface area (Å²) in [6.07, 6.45) is 3.04. The van der Waals surface area contributed by atoms with Crippen molar-refractivity contribution in [1.29, 1.82) is 0 Å². The second-order valence-electron chi connectivity index (χ2n) is 5.97. The quantitative estimate of drug-likeness (QED) is 0.367. The fourth-order valence-electron chi connectivity index (χ4n) is 2.57. The highest BCUT2D eigenvalue weighted by Gasteiger charge is 2.08. The van der Waals surface area contributed by atoms with Crippen LogP contribution in [0.2, 0.25) is 5.02 Å². The van der Waals surface area contributed by atoms with Crippen molar-refractivity contribution in [3.63, 3.8) is 0 Å². The van der Waals surface area contributed by atoms with Crippen LogP contribution in [0.15, 0.2) is 79.0 Å². The number of nitrogens with one attached hydrogen (secondary N) is 1. The van der Waals surface area contributed by atoms with E-state index in [-0.39, 0.29) is 5.78 Å². The third-order valence-corrected chi connectivity index (χ3v) is 4.38. The summed E-state index contributed by atoms with van der Waals surface area (Å²) in [4.78, 5) is 12.3. The minimum atomic E-state index is -0.155. The molecular formula is C23H20ClNO4. The minimum Gasteiger partial charge on any atom is -0.493 e. The Morgan fingerprint density at radius 2 is 1.62 bits per heavy atom. The number of rotatable bonds is 8. The van der Waals surface area contributed by atoms with E-state index in [0.717, 1.165) is 5.69 Å². The van der Waals surface area contributed by atoms with Gasteiger partial charge in [0.25, 0.3) is 0 Å². The van der Waals surface area contributed by atoms with Crippen LogP contribution in [0.25, 0.3) is 0 Å². The first-order valence-electron chi connectivity index (χ1n) is 8.82. The molecule has 29 heavy (non-hydrogen) atoms. The van der Waals surface area contributed by atoms with E-state index >= 15 is 0 Å². The number of halogens is 1. The van der Waals surface area contributed by atoms with Gasteiger partial charge in [0.2, 0.25) is 0 Å². The topological polar surface area (TPSA) is 56.8 Å². The molecule has 0 saturated heterocycles. The van der Waals surface area contributed by atoms with Gasteiger partial charge in [-0.2, -0.15) is 0 Å². The lowest BCUT2D eigenvalue weighted by Crippen LogP contribution is -1.98. The summed E-state index contributed by atoms with van der Waals surface area (Å²) in [6.45, 7) is 0. The Morgan fingerprint density at radius 3 is 2.31 bits per heavy atom. The van der Waals surface area contributed by atoms with Gasteiger partial charge in [0.1, 0.15) is 11.5 Å². The van der Waals surface area contributed by atoms with Crippen LogP contribution in [0.3, 0.4) is 0 Å². The zero-order chi connectivity index (χ0) is 20.6. The number of allylic oxidation sites excluding steroid dienone is 1. The third-order valence-electron chi connectivity index (χ3n) is 4.07. The summed E-state index contributed by atoms with van der Waals surface area (Å²) < 4.78 is 16.2. The van der Waals surface area contributed by atoms with Crippen LogP contribution in [0.4, 0.5) is 5.69 Å². The van der Waals surface area contributed by atoms with Gasteiger partial charge in [0, 0.05) is 23.5 Å². The zero-order valence-electron chi connectivity index (χ0n) is 16.0. The predicted molar refractivity (Wildman–Crippen MR) is 115 cm³/mol. The summed E-state index contributed by atoms with van der Waals surface area (Å²) in [5, 5.41) is 3.61. The fourth-order valence-corrected chi connectivity index (χ4v) is 2.75. The lowest BCUT2D eigenvalue weighted by molar-refractivity contribution is 0.104. The molecule has 0 unspecified atom stereocenters. The van der Waals surface area contributed by atoms with Crippen molar-refractivity contribution in [2.45, 2.75) is 0 Å². The number of methoxy groups -OCH3 is 2.